The fourth-order valence-electron chi connectivity index (χ4n) is 2.17. The minimum atomic E-state index is -4.96. The van der Waals surface area contributed by atoms with E-state index in [0.29, 0.717) is 0 Å². The lowest BCUT2D eigenvalue weighted by molar-refractivity contribution is -0.275. The van der Waals surface area contributed by atoms with Crippen molar-refractivity contribution >= 4 is 11.4 Å². The lowest BCUT2D eigenvalue weighted by Crippen LogP contribution is -2.35. The molecule has 0 spiro atoms. The molecule has 0 aliphatic heterocycles. The van der Waals surface area contributed by atoms with Crippen LogP contribution in [0, 0.1) is 0 Å². The summed E-state index contributed by atoms with van der Waals surface area (Å²) in [5, 5.41) is 0. The zero-order valence-corrected chi connectivity index (χ0v) is 15.0. The van der Waals surface area contributed by atoms with E-state index in [0.717, 1.165) is 24.3 Å². The molecule has 0 aromatic heterocycles. The van der Waals surface area contributed by atoms with Crippen LogP contribution in [0.4, 0.5) is 37.7 Å². The number of nitrogen functional groups attached to an aromatic ring is 2. The third kappa shape index (κ3) is 7.05. The molecule has 0 atom stereocenters. The monoisotopic (exact) mass is 426 g/mol. The smallest absolute Gasteiger partial charge is 0.453 e. The molecular formula is C17H16F6N2O4. The van der Waals surface area contributed by atoms with E-state index < -0.39 is 30.0 Å². The second kappa shape index (κ2) is 7.68. The number of alkyl halides is 6. The summed E-state index contributed by atoms with van der Waals surface area (Å²) in [6.07, 6.45) is -9.92. The van der Waals surface area contributed by atoms with Gasteiger partial charge in [0, 0.05) is 26.0 Å². The van der Waals surface area contributed by atoms with Gasteiger partial charge in [-0.3, -0.25) is 0 Å². The standard InChI is InChI=1S/C17H16F6N2O4/c1-15(2,26-9-3-5-11(24)13(7-9)28-16(18,19)20)27-10-4-6-12(25)14(8-10)29-17(21,22)23/h3-8H,24-25H2,1-2H3. The summed E-state index contributed by atoms with van der Waals surface area (Å²) >= 11 is 0. The highest BCUT2D eigenvalue weighted by Gasteiger charge is 2.33. The first-order chi connectivity index (χ1) is 13.1. The van der Waals surface area contributed by atoms with Crippen LogP contribution >= 0.6 is 0 Å². The molecule has 0 aliphatic carbocycles. The van der Waals surface area contributed by atoms with Gasteiger partial charge in [0.2, 0.25) is 5.79 Å². The summed E-state index contributed by atoms with van der Waals surface area (Å²) in [5.41, 5.74) is 10.3. The Balaban J connectivity index is 2.18. The van der Waals surface area contributed by atoms with Crippen molar-refractivity contribution in [1.82, 2.24) is 0 Å². The van der Waals surface area contributed by atoms with Crippen molar-refractivity contribution in [2.45, 2.75) is 32.4 Å². The zero-order chi connectivity index (χ0) is 22.0. The Kier molecular flexibility index (Phi) is 5.86. The summed E-state index contributed by atoms with van der Waals surface area (Å²) in [6, 6.07) is 6.59. The van der Waals surface area contributed by atoms with Crippen molar-refractivity contribution in [1.29, 1.82) is 0 Å². The maximum absolute atomic E-state index is 12.4. The number of hydrogen-bond acceptors (Lipinski definition) is 6. The number of ether oxygens (including phenoxy) is 4. The Labute approximate surface area is 160 Å². The molecule has 0 saturated heterocycles. The van der Waals surface area contributed by atoms with Crippen molar-refractivity contribution in [3.8, 4) is 23.0 Å². The highest BCUT2D eigenvalue weighted by molar-refractivity contribution is 5.56. The van der Waals surface area contributed by atoms with E-state index in [2.05, 4.69) is 9.47 Å². The predicted molar refractivity (Wildman–Crippen MR) is 90.4 cm³/mol. The summed E-state index contributed by atoms with van der Waals surface area (Å²) < 4.78 is 93.1. The number of hydrogen-bond donors (Lipinski definition) is 2. The minimum Gasteiger partial charge on any atom is -0.453 e. The number of nitrogens with two attached hydrogens (primary N) is 2. The average molecular weight is 426 g/mol. The molecule has 0 bridgehead atoms. The molecule has 0 saturated carbocycles. The van der Waals surface area contributed by atoms with Crippen LogP contribution in [0.5, 0.6) is 23.0 Å². The topological polar surface area (TPSA) is 89.0 Å². The highest BCUT2D eigenvalue weighted by Crippen LogP contribution is 2.35. The molecule has 0 heterocycles. The summed E-state index contributed by atoms with van der Waals surface area (Å²) in [6.45, 7) is 2.77. The third-order valence-corrected chi connectivity index (χ3v) is 3.15. The predicted octanol–water partition coefficient (Wildman–Crippen LogP) is 4.84. The molecule has 2 rings (SSSR count). The largest absolute Gasteiger partial charge is 0.573 e. The van der Waals surface area contributed by atoms with E-state index in [9.17, 15) is 26.3 Å². The van der Waals surface area contributed by atoms with Gasteiger partial charge in [0.1, 0.15) is 11.5 Å². The van der Waals surface area contributed by atoms with E-state index in [1.54, 1.807) is 0 Å². The van der Waals surface area contributed by atoms with Gasteiger partial charge in [0.15, 0.2) is 11.5 Å². The number of rotatable bonds is 6. The molecule has 0 amide bonds. The lowest BCUT2D eigenvalue weighted by atomic mass is 10.2. The van der Waals surface area contributed by atoms with Crippen LogP contribution in [0.1, 0.15) is 13.8 Å². The number of benzene rings is 2. The Morgan fingerprint density at radius 3 is 1.28 bits per heavy atom. The van der Waals surface area contributed by atoms with Gasteiger partial charge < -0.3 is 30.4 Å². The molecule has 0 radical (unpaired) electrons. The van der Waals surface area contributed by atoms with Gasteiger partial charge in [-0.1, -0.05) is 0 Å². The van der Waals surface area contributed by atoms with Crippen LogP contribution in [0.15, 0.2) is 36.4 Å². The maximum Gasteiger partial charge on any atom is 0.573 e. The maximum atomic E-state index is 12.4. The molecule has 2 aromatic rings. The first kappa shape index (κ1) is 22.1. The Morgan fingerprint density at radius 1 is 0.621 bits per heavy atom. The SMILES string of the molecule is CC(C)(Oc1ccc(N)c(OC(F)(F)F)c1)Oc1ccc(N)c(OC(F)(F)F)c1. The Bertz CT molecular complexity index is 798. The van der Waals surface area contributed by atoms with Gasteiger partial charge in [-0.2, -0.15) is 0 Å². The number of halogens is 6. The van der Waals surface area contributed by atoms with Crippen molar-refractivity contribution in [3.05, 3.63) is 36.4 Å². The van der Waals surface area contributed by atoms with E-state index in [1.807, 2.05) is 0 Å². The van der Waals surface area contributed by atoms with Crippen LogP contribution in [-0.4, -0.2) is 18.5 Å². The van der Waals surface area contributed by atoms with Gasteiger partial charge in [-0.15, -0.1) is 26.3 Å². The molecule has 29 heavy (non-hydrogen) atoms. The summed E-state index contributed by atoms with van der Waals surface area (Å²) in [5.74, 6) is -3.06. The normalized spacial score (nSPS) is 12.4. The molecule has 0 fully saturated rings. The summed E-state index contributed by atoms with van der Waals surface area (Å²) in [4.78, 5) is 0. The van der Waals surface area contributed by atoms with Gasteiger partial charge in [0.05, 0.1) is 11.4 Å². The first-order valence-electron chi connectivity index (χ1n) is 7.82. The Morgan fingerprint density at radius 2 is 0.966 bits per heavy atom. The van der Waals surface area contributed by atoms with Crippen molar-refractivity contribution < 1.29 is 45.3 Å². The molecule has 6 nitrogen and oxygen atoms in total. The molecule has 0 unspecified atom stereocenters. The Hall–Kier alpha value is -3.18. The van der Waals surface area contributed by atoms with Crippen LogP contribution in [0.3, 0.4) is 0 Å². The fraction of sp³-hybridized carbons (Fsp3) is 0.294. The van der Waals surface area contributed by atoms with Crippen LogP contribution < -0.4 is 30.4 Å². The van der Waals surface area contributed by atoms with E-state index in [-0.39, 0.29) is 22.9 Å². The van der Waals surface area contributed by atoms with Gasteiger partial charge in [-0.05, 0) is 24.3 Å². The molecule has 0 aliphatic rings. The molecule has 12 heteroatoms. The van der Waals surface area contributed by atoms with E-state index in [1.165, 1.54) is 26.0 Å². The van der Waals surface area contributed by atoms with Crippen LogP contribution in [0.2, 0.25) is 0 Å². The lowest BCUT2D eigenvalue weighted by Gasteiger charge is -2.28. The van der Waals surface area contributed by atoms with Crippen molar-refractivity contribution in [2.75, 3.05) is 11.5 Å². The van der Waals surface area contributed by atoms with Crippen molar-refractivity contribution in [3.63, 3.8) is 0 Å². The van der Waals surface area contributed by atoms with Crippen LogP contribution in [-0.2, 0) is 0 Å². The van der Waals surface area contributed by atoms with E-state index >= 15 is 0 Å². The first-order valence-corrected chi connectivity index (χ1v) is 7.82. The van der Waals surface area contributed by atoms with Crippen LogP contribution in [0.25, 0.3) is 0 Å². The number of anilines is 2. The third-order valence-electron chi connectivity index (χ3n) is 3.15. The average Bonchev–Trinajstić information content (AvgIpc) is 2.50. The molecule has 4 N–H and O–H groups in total. The molecular weight excluding hydrogens is 410 g/mol. The zero-order valence-electron chi connectivity index (χ0n) is 15.0. The van der Waals surface area contributed by atoms with E-state index in [4.69, 9.17) is 20.9 Å². The second-order valence-electron chi connectivity index (χ2n) is 6.10. The minimum absolute atomic E-state index is 0.0920. The molecule has 2 aromatic carbocycles. The van der Waals surface area contributed by atoms with Gasteiger partial charge in [0.25, 0.3) is 0 Å². The van der Waals surface area contributed by atoms with Crippen molar-refractivity contribution in [2.24, 2.45) is 0 Å². The second-order valence-corrected chi connectivity index (χ2v) is 6.10. The van der Waals surface area contributed by atoms with Gasteiger partial charge in [-0.25, -0.2) is 0 Å². The summed E-state index contributed by atoms with van der Waals surface area (Å²) in [7, 11) is 0. The highest BCUT2D eigenvalue weighted by atomic mass is 19.4. The molecule has 160 valence electrons. The quantitative estimate of drug-likeness (QED) is 0.390. The van der Waals surface area contributed by atoms with Gasteiger partial charge >= 0.3 is 12.7 Å². The fourth-order valence-corrected chi connectivity index (χ4v) is 2.17.